The van der Waals surface area contributed by atoms with Crippen molar-refractivity contribution in [2.75, 3.05) is 6.54 Å². The van der Waals surface area contributed by atoms with Crippen LogP contribution in [0.2, 0.25) is 0 Å². The fourth-order valence-electron chi connectivity index (χ4n) is 3.62. The standard InChI is InChI=1S/C13H26N2/c1-10-6-12(3,4)8-13(5,7-10)9-15-11(2)14/h10,15H,2,6-9,14H2,1,3-5H3. The largest absolute Gasteiger partial charge is 0.386 e. The van der Waals surface area contributed by atoms with Crippen LogP contribution in [0, 0.1) is 16.7 Å². The first kappa shape index (κ1) is 12.4. The van der Waals surface area contributed by atoms with Crippen LogP contribution in [-0.4, -0.2) is 6.54 Å². The summed E-state index contributed by atoms with van der Waals surface area (Å²) in [7, 11) is 0. The van der Waals surface area contributed by atoms with Gasteiger partial charge in [-0.25, -0.2) is 0 Å². The van der Waals surface area contributed by atoms with Crippen LogP contribution in [0.1, 0.15) is 47.0 Å². The number of nitrogens with one attached hydrogen (secondary N) is 1. The van der Waals surface area contributed by atoms with E-state index >= 15 is 0 Å². The Labute approximate surface area is 94.3 Å². The topological polar surface area (TPSA) is 38.0 Å². The first-order chi connectivity index (χ1) is 6.72. The molecule has 0 saturated heterocycles. The Balaban J connectivity index is 2.62. The second-order valence-electron chi connectivity index (χ2n) is 6.54. The van der Waals surface area contributed by atoms with E-state index in [1.54, 1.807) is 0 Å². The molecule has 2 heteroatoms. The highest BCUT2D eigenvalue weighted by molar-refractivity contribution is 4.94. The quantitative estimate of drug-likeness (QED) is 0.751. The van der Waals surface area contributed by atoms with Crippen LogP contribution >= 0.6 is 0 Å². The predicted octanol–water partition coefficient (Wildman–Crippen LogP) is 2.86. The lowest BCUT2D eigenvalue weighted by molar-refractivity contribution is 0.0626. The molecule has 0 radical (unpaired) electrons. The molecule has 2 atom stereocenters. The van der Waals surface area contributed by atoms with Crippen LogP contribution in [0.25, 0.3) is 0 Å². The van der Waals surface area contributed by atoms with Crippen molar-refractivity contribution in [3.63, 3.8) is 0 Å². The Morgan fingerprint density at radius 3 is 2.47 bits per heavy atom. The van der Waals surface area contributed by atoms with Crippen LogP contribution in [0.3, 0.4) is 0 Å². The minimum Gasteiger partial charge on any atom is -0.386 e. The average molecular weight is 210 g/mol. The highest BCUT2D eigenvalue weighted by atomic mass is 15.0. The molecule has 1 rings (SSSR count). The van der Waals surface area contributed by atoms with E-state index < -0.39 is 0 Å². The Morgan fingerprint density at radius 2 is 2.00 bits per heavy atom. The van der Waals surface area contributed by atoms with Crippen molar-refractivity contribution in [2.45, 2.75) is 47.0 Å². The Morgan fingerprint density at radius 1 is 1.40 bits per heavy atom. The first-order valence-corrected chi connectivity index (χ1v) is 5.91. The van der Waals surface area contributed by atoms with Crippen molar-refractivity contribution < 1.29 is 0 Å². The second kappa shape index (κ2) is 4.07. The van der Waals surface area contributed by atoms with Crippen molar-refractivity contribution >= 4 is 0 Å². The van der Waals surface area contributed by atoms with Gasteiger partial charge in [0.25, 0.3) is 0 Å². The lowest BCUT2D eigenvalue weighted by Crippen LogP contribution is -2.42. The monoisotopic (exact) mass is 210 g/mol. The maximum Gasteiger partial charge on any atom is 0.0886 e. The summed E-state index contributed by atoms with van der Waals surface area (Å²) in [5, 5.41) is 3.20. The summed E-state index contributed by atoms with van der Waals surface area (Å²) < 4.78 is 0. The zero-order chi connectivity index (χ0) is 11.7. The maximum atomic E-state index is 5.57. The van der Waals surface area contributed by atoms with Crippen LogP contribution in [0.15, 0.2) is 12.4 Å². The molecule has 2 unspecified atom stereocenters. The predicted molar refractivity (Wildman–Crippen MR) is 66.2 cm³/mol. The summed E-state index contributed by atoms with van der Waals surface area (Å²) in [5.41, 5.74) is 6.39. The molecule has 1 fully saturated rings. The van der Waals surface area contributed by atoms with Crippen molar-refractivity contribution in [2.24, 2.45) is 22.5 Å². The van der Waals surface area contributed by atoms with E-state index in [1.807, 2.05) is 0 Å². The van der Waals surface area contributed by atoms with E-state index in [0.29, 0.717) is 16.7 Å². The molecule has 0 amide bonds. The van der Waals surface area contributed by atoms with Gasteiger partial charge in [0.2, 0.25) is 0 Å². The molecular weight excluding hydrogens is 184 g/mol. The highest BCUT2D eigenvalue weighted by Crippen LogP contribution is 2.48. The van der Waals surface area contributed by atoms with Gasteiger partial charge in [-0.15, -0.1) is 0 Å². The molecule has 0 aromatic heterocycles. The third-order valence-electron chi connectivity index (χ3n) is 3.39. The zero-order valence-corrected chi connectivity index (χ0v) is 10.7. The van der Waals surface area contributed by atoms with Crippen molar-refractivity contribution in [1.82, 2.24) is 5.32 Å². The van der Waals surface area contributed by atoms with Crippen molar-refractivity contribution in [3.05, 3.63) is 12.4 Å². The number of hydrogen-bond acceptors (Lipinski definition) is 2. The van der Waals surface area contributed by atoms with Crippen LogP contribution in [-0.2, 0) is 0 Å². The van der Waals surface area contributed by atoms with Gasteiger partial charge in [0.1, 0.15) is 0 Å². The summed E-state index contributed by atoms with van der Waals surface area (Å²) in [5.74, 6) is 1.40. The molecule has 1 aliphatic rings. The molecule has 0 spiro atoms. The zero-order valence-electron chi connectivity index (χ0n) is 10.7. The van der Waals surface area contributed by atoms with Gasteiger partial charge in [0.15, 0.2) is 0 Å². The summed E-state index contributed by atoms with van der Waals surface area (Å²) in [6.45, 7) is 14.1. The van der Waals surface area contributed by atoms with Gasteiger partial charge in [-0.2, -0.15) is 0 Å². The Hall–Kier alpha value is -0.660. The number of hydrogen-bond donors (Lipinski definition) is 2. The maximum absolute atomic E-state index is 5.57. The summed E-state index contributed by atoms with van der Waals surface area (Å²) in [6, 6.07) is 0. The average Bonchev–Trinajstić information content (AvgIpc) is 1.96. The van der Waals surface area contributed by atoms with Crippen LogP contribution < -0.4 is 11.1 Å². The van der Waals surface area contributed by atoms with Gasteiger partial charge >= 0.3 is 0 Å². The molecular formula is C13H26N2. The molecule has 0 bridgehead atoms. The molecule has 0 aromatic carbocycles. The highest BCUT2D eigenvalue weighted by Gasteiger charge is 2.39. The van der Waals surface area contributed by atoms with Gasteiger partial charge < -0.3 is 11.1 Å². The molecule has 1 aliphatic carbocycles. The van der Waals surface area contributed by atoms with Gasteiger partial charge in [0, 0.05) is 6.54 Å². The minimum absolute atomic E-state index is 0.365. The SMILES string of the molecule is C=C(N)NCC1(C)CC(C)CC(C)(C)C1. The minimum atomic E-state index is 0.365. The van der Waals surface area contributed by atoms with Gasteiger partial charge in [-0.05, 0) is 36.0 Å². The number of rotatable bonds is 3. The third kappa shape index (κ3) is 3.77. The first-order valence-electron chi connectivity index (χ1n) is 5.91. The fraction of sp³-hybridized carbons (Fsp3) is 0.846. The van der Waals surface area contributed by atoms with E-state index in [9.17, 15) is 0 Å². The van der Waals surface area contributed by atoms with Crippen LogP contribution in [0.5, 0.6) is 0 Å². The lowest BCUT2D eigenvalue weighted by Gasteiger charge is -2.46. The van der Waals surface area contributed by atoms with E-state index in [-0.39, 0.29) is 0 Å². The summed E-state index contributed by atoms with van der Waals surface area (Å²) in [6.07, 6.45) is 3.90. The molecule has 0 heterocycles. The third-order valence-corrected chi connectivity index (χ3v) is 3.39. The van der Waals surface area contributed by atoms with E-state index in [1.165, 1.54) is 19.3 Å². The van der Waals surface area contributed by atoms with Gasteiger partial charge in [-0.1, -0.05) is 34.3 Å². The van der Waals surface area contributed by atoms with Gasteiger partial charge in [0.05, 0.1) is 5.82 Å². The van der Waals surface area contributed by atoms with Crippen molar-refractivity contribution in [3.8, 4) is 0 Å². The molecule has 0 aliphatic heterocycles. The molecule has 1 saturated carbocycles. The number of nitrogens with two attached hydrogens (primary N) is 1. The molecule has 2 nitrogen and oxygen atoms in total. The molecule has 0 aromatic rings. The molecule has 88 valence electrons. The Bertz CT molecular complexity index is 245. The second-order valence-corrected chi connectivity index (χ2v) is 6.54. The van der Waals surface area contributed by atoms with E-state index in [4.69, 9.17) is 5.73 Å². The van der Waals surface area contributed by atoms with Gasteiger partial charge in [-0.3, -0.25) is 0 Å². The molecule has 15 heavy (non-hydrogen) atoms. The Kier molecular flexibility index (Phi) is 3.37. The lowest BCUT2D eigenvalue weighted by atomic mass is 9.61. The van der Waals surface area contributed by atoms with Crippen LogP contribution in [0.4, 0.5) is 0 Å². The smallest absolute Gasteiger partial charge is 0.0886 e. The van der Waals surface area contributed by atoms with E-state index in [2.05, 4.69) is 39.6 Å². The normalized spacial score (nSPS) is 34.8. The fourth-order valence-corrected chi connectivity index (χ4v) is 3.62. The summed E-state index contributed by atoms with van der Waals surface area (Å²) >= 11 is 0. The van der Waals surface area contributed by atoms with Crippen molar-refractivity contribution in [1.29, 1.82) is 0 Å². The summed E-state index contributed by atoms with van der Waals surface area (Å²) in [4.78, 5) is 0. The molecule has 3 N–H and O–H groups in total. The van der Waals surface area contributed by atoms with E-state index in [0.717, 1.165) is 12.5 Å².